The molecule has 0 saturated heterocycles. The number of nitrogens with zero attached hydrogens (tertiary/aromatic N) is 1. The fourth-order valence-corrected chi connectivity index (χ4v) is 2.87. The Kier molecular flexibility index (Phi) is 6.27. The van der Waals surface area contributed by atoms with E-state index in [2.05, 4.69) is 9.93 Å². The van der Waals surface area contributed by atoms with E-state index in [1.807, 2.05) is 13.8 Å². The summed E-state index contributed by atoms with van der Waals surface area (Å²) < 4.78 is 35.2. The highest BCUT2D eigenvalue weighted by atomic mass is 35.5. The Bertz CT molecular complexity index is 849. The molecule has 8 heteroatoms. The van der Waals surface area contributed by atoms with Gasteiger partial charge in [-0.3, -0.25) is 0 Å². The molecule has 0 amide bonds. The molecule has 0 bridgehead atoms. The maximum absolute atomic E-state index is 12.1. The van der Waals surface area contributed by atoms with Crippen LogP contribution in [0.25, 0.3) is 0 Å². The molecule has 0 fully saturated rings. The van der Waals surface area contributed by atoms with Crippen LogP contribution in [-0.4, -0.2) is 27.8 Å². The molecule has 0 aliphatic heterocycles. The summed E-state index contributed by atoms with van der Waals surface area (Å²) in [6.45, 7) is 3.81. The Morgan fingerprint density at radius 1 is 1.12 bits per heavy atom. The van der Waals surface area contributed by atoms with Gasteiger partial charge in [-0.2, -0.15) is 13.5 Å². The second-order valence-corrected chi connectivity index (χ2v) is 7.48. The third-order valence-electron chi connectivity index (χ3n) is 3.06. The summed E-state index contributed by atoms with van der Waals surface area (Å²) in [5.74, 6) is 1.15. The van der Waals surface area contributed by atoms with E-state index >= 15 is 0 Å². The van der Waals surface area contributed by atoms with Gasteiger partial charge in [-0.1, -0.05) is 11.6 Å². The van der Waals surface area contributed by atoms with Gasteiger partial charge in [-0.05, 0) is 61.9 Å². The number of sulfonamides is 1. The molecule has 6 nitrogen and oxygen atoms in total. The van der Waals surface area contributed by atoms with Crippen molar-refractivity contribution in [1.82, 2.24) is 4.83 Å². The van der Waals surface area contributed by atoms with Gasteiger partial charge in [0.1, 0.15) is 0 Å². The molecule has 25 heavy (non-hydrogen) atoms. The third kappa shape index (κ3) is 5.37. The molecule has 0 radical (unpaired) electrons. The van der Waals surface area contributed by atoms with Gasteiger partial charge in [-0.15, -0.1) is 0 Å². The maximum atomic E-state index is 12.1. The van der Waals surface area contributed by atoms with Crippen LogP contribution in [0.2, 0.25) is 5.02 Å². The second-order valence-electron chi connectivity index (χ2n) is 5.38. The van der Waals surface area contributed by atoms with Crippen molar-refractivity contribution in [2.75, 3.05) is 7.11 Å². The molecule has 1 N–H and O–H groups in total. The fourth-order valence-electron chi connectivity index (χ4n) is 1.96. The lowest BCUT2D eigenvalue weighted by atomic mass is 10.2. The van der Waals surface area contributed by atoms with Crippen LogP contribution in [0.15, 0.2) is 52.5 Å². The monoisotopic (exact) mass is 382 g/mol. The molecule has 2 aromatic rings. The third-order valence-corrected chi connectivity index (χ3v) is 4.55. The van der Waals surface area contributed by atoms with Gasteiger partial charge >= 0.3 is 0 Å². The van der Waals surface area contributed by atoms with Gasteiger partial charge in [0.05, 0.1) is 24.3 Å². The first kappa shape index (κ1) is 19.1. The van der Waals surface area contributed by atoms with Crippen LogP contribution < -0.4 is 14.3 Å². The zero-order valence-electron chi connectivity index (χ0n) is 14.1. The van der Waals surface area contributed by atoms with E-state index in [1.165, 1.54) is 30.5 Å². The number of rotatable bonds is 7. The zero-order chi connectivity index (χ0) is 18.4. The van der Waals surface area contributed by atoms with E-state index in [0.29, 0.717) is 22.1 Å². The number of halogens is 1. The van der Waals surface area contributed by atoms with Crippen LogP contribution >= 0.6 is 11.6 Å². The molecule has 0 heterocycles. The SMILES string of the molecule is COc1ccc(/C=N/NS(=O)(=O)c2ccc(Cl)cc2)cc1OC(C)C. The van der Waals surface area contributed by atoms with Crippen molar-refractivity contribution < 1.29 is 17.9 Å². The number of hydrazone groups is 1. The van der Waals surface area contributed by atoms with E-state index in [0.717, 1.165) is 0 Å². The Morgan fingerprint density at radius 3 is 2.40 bits per heavy atom. The Morgan fingerprint density at radius 2 is 1.80 bits per heavy atom. The van der Waals surface area contributed by atoms with Gasteiger partial charge in [0.2, 0.25) is 0 Å². The molecule has 0 spiro atoms. The molecule has 0 aliphatic rings. The first-order chi connectivity index (χ1) is 11.8. The van der Waals surface area contributed by atoms with Gasteiger partial charge in [-0.25, -0.2) is 4.83 Å². The highest BCUT2D eigenvalue weighted by Crippen LogP contribution is 2.28. The summed E-state index contributed by atoms with van der Waals surface area (Å²) in [5, 5.41) is 4.25. The normalized spacial score (nSPS) is 11.7. The summed E-state index contributed by atoms with van der Waals surface area (Å²) in [4.78, 5) is 2.24. The quantitative estimate of drug-likeness (QED) is 0.587. The molecule has 0 saturated carbocycles. The van der Waals surface area contributed by atoms with E-state index in [4.69, 9.17) is 21.1 Å². The predicted octanol–water partition coefficient (Wildman–Crippen LogP) is 3.45. The van der Waals surface area contributed by atoms with Crippen LogP contribution in [0.3, 0.4) is 0 Å². The van der Waals surface area contributed by atoms with Crippen molar-refractivity contribution in [3.05, 3.63) is 53.1 Å². The highest BCUT2D eigenvalue weighted by molar-refractivity contribution is 7.89. The predicted molar refractivity (Wildman–Crippen MR) is 98.1 cm³/mol. The minimum Gasteiger partial charge on any atom is -0.493 e. The van der Waals surface area contributed by atoms with Crippen molar-refractivity contribution in [1.29, 1.82) is 0 Å². The van der Waals surface area contributed by atoms with Gasteiger partial charge in [0.25, 0.3) is 10.0 Å². The fraction of sp³-hybridized carbons (Fsp3) is 0.235. The molecule has 0 unspecified atom stereocenters. The molecule has 134 valence electrons. The summed E-state index contributed by atoms with van der Waals surface area (Å²) in [6, 6.07) is 11.0. The van der Waals surface area contributed by atoms with Crippen molar-refractivity contribution in [2.45, 2.75) is 24.8 Å². The van der Waals surface area contributed by atoms with Crippen molar-refractivity contribution >= 4 is 27.8 Å². The first-order valence-electron chi connectivity index (χ1n) is 7.47. The van der Waals surface area contributed by atoms with Crippen LogP contribution in [-0.2, 0) is 10.0 Å². The van der Waals surface area contributed by atoms with Crippen LogP contribution in [0.5, 0.6) is 11.5 Å². The van der Waals surface area contributed by atoms with Crippen molar-refractivity contribution in [3.63, 3.8) is 0 Å². The number of nitrogens with one attached hydrogen (secondary N) is 1. The Labute approximate surface area is 152 Å². The number of methoxy groups -OCH3 is 1. The molecule has 2 aromatic carbocycles. The Hall–Kier alpha value is -2.25. The summed E-state index contributed by atoms with van der Waals surface area (Å²) >= 11 is 5.75. The molecule has 0 aliphatic carbocycles. The lowest BCUT2D eigenvalue weighted by molar-refractivity contribution is 0.230. The minimum atomic E-state index is -3.75. The number of hydrogen-bond donors (Lipinski definition) is 1. The lowest BCUT2D eigenvalue weighted by Gasteiger charge is -2.13. The van der Waals surface area contributed by atoms with E-state index in [9.17, 15) is 8.42 Å². The molecule has 0 atom stereocenters. The standard InChI is InChI=1S/C17H19ClN2O4S/c1-12(2)24-17-10-13(4-9-16(17)23-3)11-19-20-25(21,22)15-7-5-14(18)6-8-15/h4-12,20H,1-3H3/b19-11+. The number of ether oxygens (including phenoxy) is 2. The second kappa shape index (κ2) is 8.22. The van der Waals surface area contributed by atoms with Gasteiger partial charge < -0.3 is 9.47 Å². The van der Waals surface area contributed by atoms with Crippen LogP contribution in [0.4, 0.5) is 0 Å². The van der Waals surface area contributed by atoms with Crippen LogP contribution in [0, 0.1) is 0 Å². The number of hydrogen-bond acceptors (Lipinski definition) is 5. The van der Waals surface area contributed by atoms with Gasteiger partial charge in [0.15, 0.2) is 11.5 Å². The topological polar surface area (TPSA) is 77.0 Å². The summed E-state index contributed by atoms with van der Waals surface area (Å²) in [5.41, 5.74) is 0.662. The average Bonchev–Trinajstić information content (AvgIpc) is 2.55. The Balaban J connectivity index is 2.14. The van der Waals surface area contributed by atoms with Crippen molar-refractivity contribution in [3.8, 4) is 11.5 Å². The summed E-state index contributed by atoms with van der Waals surface area (Å²) in [6.07, 6.45) is 1.37. The zero-order valence-corrected chi connectivity index (χ0v) is 15.6. The molecular weight excluding hydrogens is 364 g/mol. The van der Waals surface area contributed by atoms with Crippen LogP contribution in [0.1, 0.15) is 19.4 Å². The highest BCUT2D eigenvalue weighted by Gasteiger charge is 2.12. The molecule has 0 aromatic heterocycles. The van der Waals surface area contributed by atoms with E-state index in [1.54, 1.807) is 25.3 Å². The van der Waals surface area contributed by atoms with Crippen molar-refractivity contribution in [2.24, 2.45) is 5.10 Å². The molecule has 2 rings (SSSR count). The largest absolute Gasteiger partial charge is 0.493 e. The maximum Gasteiger partial charge on any atom is 0.276 e. The number of benzene rings is 2. The first-order valence-corrected chi connectivity index (χ1v) is 9.33. The van der Waals surface area contributed by atoms with E-state index in [-0.39, 0.29) is 11.0 Å². The molecular formula is C17H19ClN2O4S. The summed E-state index contributed by atoms with van der Waals surface area (Å²) in [7, 11) is -2.20. The average molecular weight is 383 g/mol. The lowest BCUT2D eigenvalue weighted by Crippen LogP contribution is -2.18. The van der Waals surface area contributed by atoms with E-state index < -0.39 is 10.0 Å². The van der Waals surface area contributed by atoms with Gasteiger partial charge in [0, 0.05) is 5.02 Å². The smallest absolute Gasteiger partial charge is 0.276 e. The minimum absolute atomic E-state index is 0.0236.